The van der Waals surface area contributed by atoms with Crippen molar-refractivity contribution in [3.63, 3.8) is 0 Å². The van der Waals surface area contributed by atoms with Crippen LogP contribution < -0.4 is 5.14 Å². The van der Waals surface area contributed by atoms with Crippen LogP contribution in [0.4, 0.5) is 0 Å². The van der Waals surface area contributed by atoms with Crippen LogP contribution in [0.5, 0.6) is 0 Å². The second-order valence-corrected chi connectivity index (χ2v) is 14.9. The molecule has 0 aliphatic heterocycles. The molecule has 0 amide bonds. The summed E-state index contributed by atoms with van der Waals surface area (Å²) < 4.78 is 23.6. The lowest BCUT2D eigenvalue weighted by Crippen LogP contribution is -2.44. The molecular formula is C40H75NO8S. The summed E-state index contributed by atoms with van der Waals surface area (Å²) in [5.74, 6) is -1.28. The summed E-state index contributed by atoms with van der Waals surface area (Å²) in [7, 11) is 0. The average molecular weight is 730 g/mol. The molecule has 9 nitrogen and oxygen atoms in total. The molecule has 0 aromatic rings. The number of carbonyl (C=O) groups excluding carboxylic acids is 4. The fraction of sp³-hybridized carbons (Fsp3) is 0.900. The molecule has 0 saturated carbocycles. The van der Waals surface area contributed by atoms with Crippen LogP contribution in [0.1, 0.15) is 182 Å². The minimum Gasteiger partial charge on any atom is -0.465 e. The van der Waals surface area contributed by atoms with Gasteiger partial charge in [-0.25, -0.2) is 0 Å². The highest BCUT2D eigenvalue weighted by molar-refractivity contribution is 7.97. The molecule has 0 aliphatic rings. The van der Waals surface area contributed by atoms with Crippen molar-refractivity contribution in [2.45, 2.75) is 182 Å². The Morgan fingerprint density at radius 2 is 0.820 bits per heavy atom. The molecule has 2 N–H and O–H groups in total. The minimum atomic E-state index is -1.24. The first-order valence-corrected chi connectivity index (χ1v) is 21.2. The number of carbonyl (C=O) groups is 4. The third kappa shape index (κ3) is 25.2. The third-order valence-corrected chi connectivity index (χ3v) is 9.81. The Labute approximate surface area is 310 Å². The van der Waals surface area contributed by atoms with Gasteiger partial charge in [0.05, 0.1) is 11.8 Å². The van der Waals surface area contributed by atoms with Crippen molar-refractivity contribution in [1.82, 2.24) is 0 Å². The standard InChI is InChI=1S/C40H75NO8S/c1-6-11-16-21-27-36(42)46-30-40(31-47-37(43)28-22-29-50-41,32-48-38(44)34(23-17-12-7-2)24-18-13-8-3)33-49-39(45)35(25-19-14-9-4)26-20-15-10-5/h34-35H,6-33,41H2,1-5H3. The number of hydrogen-bond donors (Lipinski definition) is 1. The van der Waals surface area contributed by atoms with Crippen molar-refractivity contribution in [3.05, 3.63) is 0 Å². The molecule has 0 saturated heterocycles. The summed E-state index contributed by atoms with van der Waals surface area (Å²) in [5.41, 5.74) is -1.24. The Hall–Kier alpha value is -1.81. The second kappa shape index (κ2) is 33.1. The van der Waals surface area contributed by atoms with E-state index in [1.807, 2.05) is 0 Å². The maximum atomic E-state index is 13.6. The molecule has 0 fully saturated rings. The van der Waals surface area contributed by atoms with Gasteiger partial charge in [-0.05, 0) is 38.5 Å². The summed E-state index contributed by atoms with van der Waals surface area (Å²) in [6, 6.07) is 0. The SMILES string of the molecule is CCCCCCC(=O)OCC(COC(=O)CCCSN)(COC(=O)C(CCCCC)CCCCC)COC(=O)C(CCCCC)CCCCC. The van der Waals surface area contributed by atoms with Crippen molar-refractivity contribution in [3.8, 4) is 0 Å². The van der Waals surface area contributed by atoms with Gasteiger partial charge in [-0.1, -0.05) is 143 Å². The zero-order valence-corrected chi connectivity index (χ0v) is 33.5. The van der Waals surface area contributed by atoms with E-state index in [0.29, 0.717) is 18.6 Å². The molecule has 0 heterocycles. The molecule has 0 aromatic heterocycles. The summed E-state index contributed by atoms with van der Waals surface area (Å²) in [6.45, 7) is 9.88. The van der Waals surface area contributed by atoms with Crippen LogP contribution in [-0.2, 0) is 38.1 Å². The Balaban J connectivity index is 6.24. The number of ether oxygens (including phenoxy) is 4. The molecule has 0 aromatic carbocycles. The van der Waals surface area contributed by atoms with Crippen LogP contribution in [-0.4, -0.2) is 56.1 Å². The Kier molecular flexibility index (Phi) is 31.9. The zero-order valence-electron chi connectivity index (χ0n) is 32.7. The third-order valence-electron chi connectivity index (χ3n) is 9.29. The van der Waals surface area contributed by atoms with E-state index in [-0.39, 0.29) is 69.0 Å². The van der Waals surface area contributed by atoms with E-state index in [1.165, 1.54) is 0 Å². The summed E-state index contributed by atoms with van der Waals surface area (Å²) >= 11 is 1.16. The first-order valence-electron chi connectivity index (χ1n) is 20.2. The lowest BCUT2D eigenvalue weighted by molar-refractivity contribution is -0.174. The Morgan fingerprint density at radius 1 is 0.480 bits per heavy atom. The summed E-state index contributed by atoms with van der Waals surface area (Å²) in [5, 5.41) is 5.53. The van der Waals surface area contributed by atoms with Crippen LogP contribution >= 0.6 is 11.9 Å². The predicted molar refractivity (Wildman–Crippen MR) is 204 cm³/mol. The van der Waals surface area contributed by atoms with Gasteiger partial charge < -0.3 is 18.9 Å². The molecule has 0 unspecified atom stereocenters. The van der Waals surface area contributed by atoms with Gasteiger partial charge in [0.15, 0.2) is 0 Å². The molecule has 50 heavy (non-hydrogen) atoms. The van der Waals surface area contributed by atoms with Gasteiger partial charge in [0.25, 0.3) is 0 Å². The van der Waals surface area contributed by atoms with Gasteiger partial charge in [0.2, 0.25) is 0 Å². The summed E-state index contributed by atoms with van der Waals surface area (Å²) in [6.07, 6.45) is 19.9. The smallest absolute Gasteiger partial charge is 0.308 e. The molecule has 0 atom stereocenters. The highest BCUT2D eigenvalue weighted by atomic mass is 32.2. The molecule has 0 spiro atoms. The van der Waals surface area contributed by atoms with Gasteiger partial charge in [-0.15, -0.1) is 0 Å². The van der Waals surface area contributed by atoms with Gasteiger partial charge in [0, 0.05) is 18.6 Å². The first-order chi connectivity index (χ1) is 24.2. The number of esters is 4. The molecule has 294 valence electrons. The molecular weight excluding hydrogens is 655 g/mol. The maximum absolute atomic E-state index is 13.6. The molecule has 0 bridgehead atoms. The van der Waals surface area contributed by atoms with Crippen LogP contribution in [0.25, 0.3) is 0 Å². The van der Waals surface area contributed by atoms with E-state index in [4.69, 9.17) is 24.1 Å². The number of nitrogens with two attached hydrogens (primary N) is 1. The van der Waals surface area contributed by atoms with Crippen molar-refractivity contribution in [2.24, 2.45) is 22.4 Å². The first kappa shape index (κ1) is 48.2. The fourth-order valence-corrected chi connectivity index (χ4v) is 6.18. The van der Waals surface area contributed by atoms with E-state index in [9.17, 15) is 19.2 Å². The Bertz CT molecular complexity index is 810. The quantitative estimate of drug-likeness (QED) is 0.0291. The monoisotopic (exact) mass is 730 g/mol. The minimum absolute atomic E-state index is 0.172. The molecule has 0 radical (unpaired) electrons. The topological polar surface area (TPSA) is 131 Å². The molecule has 0 rings (SSSR count). The van der Waals surface area contributed by atoms with E-state index < -0.39 is 11.4 Å². The summed E-state index contributed by atoms with van der Waals surface area (Å²) in [4.78, 5) is 52.9. The van der Waals surface area contributed by atoms with Gasteiger partial charge in [0.1, 0.15) is 31.8 Å². The van der Waals surface area contributed by atoms with Crippen molar-refractivity contribution >= 4 is 35.8 Å². The lowest BCUT2D eigenvalue weighted by Gasteiger charge is -2.33. The predicted octanol–water partition coefficient (Wildman–Crippen LogP) is 10.1. The highest BCUT2D eigenvalue weighted by Crippen LogP contribution is 2.27. The van der Waals surface area contributed by atoms with E-state index in [2.05, 4.69) is 34.6 Å². The Morgan fingerprint density at radius 3 is 1.18 bits per heavy atom. The van der Waals surface area contributed by atoms with Crippen LogP contribution in [0.15, 0.2) is 0 Å². The number of rotatable bonds is 35. The van der Waals surface area contributed by atoms with Crippen LogP contribution in [0.2, 0.25) is 0 Å². The average Bonchev–Trinajstić information content (AvgIpc) is 3.11. The number of hydrogen-bond acceptors (Lipinski definition) is 10. The fourth-order valence-electron chi connectivity index (χ4n) is 5.86. The largest absolute Gasteiger partial charge is 0.465 e. The molecule has 0 aliphatic carbocycles. The lowest BCUT2D eigenvalue weighted by atomic mass is 9.91. The maximum Gasteiger partial charge on any atom is 0.308 e. The van der Waals surface area contributed by atoms with Gasteiger partial charge >= 0.3 is 23.9 Å². The van der Waals surface area contributed by atoms with Crippen LogP contribution in [0, 0.1) is 17.3 Å². The van der Waals surface area contributed by atoms with Crippen molar-refractivity contribution < 1.29 is 38.1 Å². The van der Waals surface area contributed by atoms with E-state index in [1.54, 1.807) is 0 Å². The second-order valence-electron chi connectivity index (χ2n) is 14.2. The molecule has 10 heteroatoms. The normalized spacial score (nSPS) is 11.6. The van der Waals surface area contributed by atoms with Crippen molar-refractivity contribution in [1.29, 1.82) is 0 Å². The zero-order chi connectivity index (χ0) is 37.3. The van der Waals surface area contributed by atoms with E-state index in [0.717, 1.165) is 134 Å². The van der Waals surface area contributed by atoms with Crippen molar-refractivity contribution in [2.75, 3.05) is 32.2 Å². The van der Waals surface area contributed by atoms with Gasteiger partial charge in [-0.3, -0.25) is 24.3 Å². The van der Waals surface area contributed by atoms with Gasteiger partial charge in [-0.2, -0.15) is 0 Å². The number of unbranched alkanes of at least 4 members (excludes halogenated alkanes) is 11. The van der Waals surface area contributed by atoms with Crippen LogP contribution in [0.3, 0.4) is 0 Å². The van der Waals surface area contributed by atoms with E-state index >= 15 is 0 Å². The highest BCUT2D eigenvalue weighted by Gasteiger charge is 2.39.